The third kappa shape index (κ3) is 2.86. The van der Waals surface area contributed by atoms with E-state index in [0.29, 0.717) is 11.6 Å². The number of aromatic hydroxyl groups is 1. The Hall–Kier alpha value is -1.45. The quantitative estimate of drug-likeness (QED) is 0.884. The molecular weight excluding hydrogens is 250 g/mol. The second kappa shape index (κ2) is 5.46. The van der Waals surface area contributed by atoms with Gasteiger partial charge in [-0.1, -0.05) is 23.7 Å². The minimum atomic E-state index is 0.0806. The van der Waals surface area contributed by atoms with Crippen molar-refractivity contribution in [3.63, 3.8) is 0 Å². The van der Waals surface area contributed by atoms with Gasteiger partial charge in [0.05, 0.1) is 11.1 Å². The summed E-state index contributed by atoms with van der Waals surface area (Å²) in [7, 11) is 0. The van der Waals surface area contributed by atoms with Crippen LogP contribution in [0.25, 0.3) is 0 Å². The second-order valence-corrected chi connectivity index (χ2v) is 4.71. The van der Waals surface area contributed by atoms with Gasteiger partial charge in [-0.05, 0) is 32.0 Å². The molecule has 0 aliphatic heterocycles. The highest BCUT2D eigenvalue weighted by Crippen LogP contribution is 2.27. The van der Waals surface area contributed by atoms with E-state index in [1.807, 2.05) is 38.1 Å². The molecule has 2 aromatic rings. The van der Waals surface area contributed by atoms with Crippen LogP contribution in [0.2, 0.25) is 5.02 Å². The van der Waals surface area contributed by atoms with Crippen molar-refractivity contribution < 1.29 is 9.52 Å². The van der Waals surface area contributed by atoms with Gasteiger partial charge in [-0.15, -0.1) is 0 Å². The lowest BCUT2D eigenvalue weighted by molar-refractivity contribution is 0.410. The third-order valence-corrected chi connectivity index (χ3v) is 3.16. The van der Waals surface area contributed by atoms with Crippen LogP contribution in [0.3, 0.4) is 0 Å². The summed E-state index contributed by atoms with van der Waals surface area (Å²) in [6.45, 7) is 4.46. The number of halogens is 1. The monoisotopic (exact) mass is 265 g/mol. The van der Waals surface area contributed by atoms with E-state index in [2.05, 4.69) is 5.32 Å². The molecule has 0 bridgehead atoms. The summed E-state index contributed by atoms with van der Waals surface area (Å²) in [6, 6.07) is 9.29. The maximum atomic E-state index is 9.79. The van der Waals surface area contributed by atoms with Crippen molar-refractivity contribution in [3.8, 4) is 5.75 Å². The lowest BCUT2D eigenvalue weighted by Gasteiger charge is -2.12. The molecule has 1 aromatic carbocycles. The number of para-hydroxylation sites is 1. The molecule has 1 atom stereocenters. The van der Waals surface area contributed by atoms with E-state index in [1.54, 1.807) is 6.07 Å². The highest BCUT2D eigenvalue weighted by Gasteiger charge is 2.10. The average molecular weight is 266 g/mol. The molecule has 0 aliphatic carbocycles. The lowest BCUT2D eigenvalue weighted by atomic mass is 10.2. The van der Waals surface area contributed by atoms with Crippen LogP contribution in [0.5, 0.6) is 5.75 Å². The van der Waals surface area contributed by atoms with Crippen molar-refractivity contribution in [3.05, 3.63) is 52.4 Å². The zero-order valence-corrected chi connectivity index (χ0v) is 11.2. The highest BCUT2D eigenvalue weighted by molar-refractivity contribution is 6.32. The van der Waals surface area contributed by atoms with Gasteiger partial charge in [0.15, 0.2) is 0 Å². The Kier molecular flexibility index (Phi) is 3.94. The largest absolute Gasteiger partial charge is 0.506 e. The predicted octanol–water partition coefficient (Wildman–Crippen LogP) is 3.80. The van der Waals surface area contributed by atoms with Crippen molar-refractivity contribution in [2.75, 3.05) is 0 Å². The predicted molar refractivity (Wildman–Crippen MR) is 71.8 cm³/mol. The molecule has 0 amide bonds. The molecule has 0 spiro atoms. The minimum Gasteiger partial charge on any atom is -0.506 e. The Morgan fingerprint density at radius 3 is 2.78 bits per heavy atom. The van der Waals surface area contributed by atoms with Crippen molar-refractivity contribution in [2.24, 2.45) is 0 Å². The number of hydrogen-bond donors (Lipinski definition) is 2. The molecule has 1 heterocycles. The summed E-state index contributed by atoms with van der Waals surface area (Å²) in [4.78, 5) is 0. The number of nitrogens with one attached hydrogen (secondary N) is 1. The molecule has 18 heavy (non-hydrogen) atoms. The van der Waals surface area contributed by atoms with Crippen LogP contribution in [0.1, 0.15) is 30.0 Å². The molecule has 2 N–H and O–H groups in total. The number of aryl methyl sites for hydroxylation is 1. The van der Waals surface area contributed by atoms with E-state index in [4.69, 9.17) is 16.0 Å². The molecule has 96 valence electrons. The zero-order valence-electron chi connectivity index (χ0n) is 10.4. The van der Waals surface area contributed by atoms with E-state index >= 15 is 0 Å². The third-order valence-electron chi connectivity index (χ3n) is 2.86. The van der Waals surface area contributed by atoms with Gasteiger partial charge in [0, 0.05) is 12.1 Å². The molecule has 2 rings (SSSR count). The summed E-state index contributed by atoms with van der Waals surface area (Å²) in [5.41, 5.74) is 0.776. The van der Waals surface area contributed by atoms with Crippen LogP contribution in [-0.4, -0.2) is 5.11 Å². The van der Waals surface area contributed by atoms with Gasteiger partial charge in [-0.3, -0.25) is 0 Å². The molecule has 0 aliphatic rings. The lowest BCUT2D eigenvalue weighted by Crippen LogP contribution is -2.17. The van der Waals surface area contributed by atoms with Gasteiger partial charge in [0.1, 0.15) is 17.3 Å². The molecule has 4 heteroatoms. The number of phenols is 1. The number of rotatable bonds is 4. The normalized spacial score (nSPS) is 12.6. The first-order chi connectivity index (χ1) is 8.58. The number of phenolic OH excluding ortho intramolecular Hbond substituents is 1. The van der Waals surface area contributed by atoms with E-state index in [-0.39, 0.29) is 11.8 Å². The van der Waals surface area contributed by atoms with Gasteiger partial charge in [0.25, 0.3) is 0 Å². The average Bonchev–Trinajstić information content (AvgIpc) is 2.77. The van der Waals surface area contributed by atoms with Crippen molar-refractivity contribution in [2.45, 2.75) is 26.4 Å². The van der Waals surface area contributed by atoms with Gasteiger partial charge < -0.3 is 14.8 Å². The fraction of sp³-hybridized carbons (Fsp3) is 0.286. The van der Waals surface area contributed by atoms with Crippen molar-refractivity contribution >= 4 is 11.6 Å². The summed E-state index contributed by atoms with van der Waals surface area (Å²) >= 11 is 5.85. The van der Waals surface area contributed by atoms with Crippen LogP contribution in [-0.2, 0) is 6.54 Å². The van der Waals surface area contributed by atoms with Crippen LogP contribution < -0.4 is 5.32 Å². The van der Waals surface area contributed by atoms with E-state index in [9.17, 15) is 5.11 Å². The summed E-state index contributed by atoms with van der Waals surface area (Å²) < 4.78 is 5.54. The van der Waals surface area contributed by atoms with Gasteiger partial charge in [-0.25, -0.2) is 0 Å². The molecule has 1 unspecified atom stereocenters. The van der Waals surface area contributed by atoms with Crippen LogP contribution in [0.4, 0.5) is 0 Å². The Morgan fingerprint density at radius 2 is 2.11 bits per heavy atom. The molecule has 0 saturated heterocycles. The second-order valence-electron chi connectivity index (χ2n) is 4.30. The minimum absolute atomic E-state index is 0.0806. The first-order valence-electron chi connectivity index (χ1n) is 5.84. The maximum Gasteiger partial charge on any atom is 0.138 e. The summed E-state index contributed by atoms with van der Waals surface area (Å²) in [5, 5.41) is 13.4. The number of benzene rings is 1. The Morgan fingerprint density at radius 1 is 1.33 bits per heavy atom. The Bertz CT molecular complexity index is 536. The maximum absolute atomic E-state index is 9.79. The van der Waals surface area contributed by atoms with E-state index in [0.717, 1.165) is 17.1 Å². The molecular formula is C14H16ClNO2. The Labute approximate surface area is 111 Å². The SMILES string of the molecule is Cc1ccc(C(C)NCc2cccc(Cl)c2O)o1. The van der Waals surface area contributed by atoms with Crippen molar-refractivity contribution in [1.29, 1.82) is 0 Å². The zero-order chi connectivity index (χ0) is 13.1. The van der Waals surface area contributed by atoms with E-state index in [1.165, 1.54) is 0 Å². The molecule has 0 radical (unpaired) electrons. The van der Waals surface area contributed by atoms with Crippen molar-refractivity contribution in [1.82, 2.24) is 5.32 Å². The number of furan rings is 1. The highest BCUT2D eigenvalue weighted by atomic mass is 35.5. The number of hydrogen-bond acceptors (Lipinski definition) is 3. The van der Waals surface area contributed by atoms with Crippen LogP contribution in [0, 0.1) is 6.92 Å². The standard InChI is InChI=1S/C14H16ClNO2/c1-9-6-7-13(18-9)10(2)16-8-11-4-3-5-12(15)14(11)17/h3-7,10,16-17H,8H2,1-2H3. The molecule has 1 aromatic heterocycles. The fourth-order valence-electron chi connectivity index (χ4n) is 1.75. The fourth-order valence-corrected chi connectivity index (χ4v) is 1.95. The molecule has 0 saturated carbocycles. The summed E-state index contributed by atoms with van der Waals surface area (Å²) in [6.07, 6.45) is 0. The van der Waals surface area contributed by atoms with Crippen LogP contribution in [0.15, 0.2) is 34.7 Å². The van der Waals surface area contributed by atoms with Crippen LogP contribution >= 0.6 is 11.6 Å². The Balaban J connectivity index is 2.01. The van der Waals surface area contributed by atoms with Gasteiger partial charge >= 0.3 is 0 Å². The molecule has 3 nitrogen and oxygen atoms in total. The van der Waals surface area contributed by atoms with Gasteiger partial charge in [-0.2, -0.15) is 0 Å². The first-order valence-corrected chi connectivity index (χ1v) is 6.22. The van der Waals surface area contributed by atoms with E-state index < -0.39 is 0 Å². The summed E-state index contributed by atoms with van der Waals surface area (Å²) in [5.74, 6) is 1.91. The first kappa shape index (κ1) is 13.0. The molecule has 0 fully saturated rings. The van der Waals surface area contributed by atoms with Gasteiger partial charge in [0.2, 0.25) is 0 Å². The smallest absolute Gasteiger partial charge is 0.138 e. The topological polar surface area (TPSA) is 45.4 Å².